The second kappa shape index (κ2) is 9.61. The third-order valence-corrected chi connectivity index (χ3v) is 4.93. The number of benzene rings is 1. The van der Waals surface area contributed by atoms with Crippen LogP contribution in [0.2, 0.25) is 0 Å². The molecule has 0 fully saturated rings. The highest BCUT2D eigenvalue weighted by molar-refractivity contribution is 7.89. The van der Waals surface area contributed by atoms with Crippen LogP contribution in [0.25, 0.3) is 0 Å². The number of carbonyl (C=O) groups is 1. The van der Waals surface area contributed by atoms with Crippen LogP contribution in [0.15, 0.2) is 29.2 Å². The van der Waals surface area contributed by atoms with Crippen LogP contribution in [0.1, 0.15) is 26.7 Å². The molecule has 0 radical (unpaired) electrons. The molecule has 1 amide bonds. The third-order valence-electron chi connectivity index (χ3n) is 3.45. The average molecular weight is 358 g/mol. The van der Waals surface area contributed by atoms with Crippen molar-refractivity contribution >= 4 is 15.9 Å². The number of rotatable bonds is 10. The number of ether oxygens (including phenoxy) is 1. The van der Waals surface area contributed by atoms with Gasteiger partial charge in [0.15, 0.2) is 0 Å². The topological polar surface area (TPSA) is 95.9 Å². The molecule has 1 atom stereocenters. The summed E-state index contributed by atoms with van der Waals surface area (Å²) in [5.41, 5.74) is 0. The van der Waals surface area contributed by atoms with E-state index in [-0.39, 0.29) is 4.90 Å². The summed E-state index contributed by atoms with van der Waals surface area (Å²) in [4.78, 5) is 14.1. The largest absolute Gasteiger partial charge is 0.497 e. The molecule has 0 saturated carbocycles. The molecule has 1 aromatic carbocycles. The van der Waals surface area contributed by atoms with E-state index >= 15 is 0 Å². The number of aliphatic hydroxyl groups excluding tert-OH is 1. The van der Waals surface area contributed by atoms with Crippen molar-refractivity contribution in [1.82, 2.24) is 9.62 Å². The molecule has 0 aromatic heterocycles. The summed E-state index contributed by atoms with van der Waals surface area (Å²) in [6, 6.07) is 4.61. The van der Waals surface area contributed by atoms with E-state index in [0.29, 0.717) is 18.8 Å². The highest BCUT2D eigenvalue weighted by atomic mass is 32.2. The SMILES string of the molecule is CCCN(CCC)C(=O)C(CO)NS(=O)(=O)c1ccc(OC)cc1. The van der Waals surface area contributed by atoms with Gasteiger partial charge in [-0.2, -0.15) is 4.72 Å². The Hall–Kier alpha value is -1.64. The van der Waals surface area contributed by atoms with Crippen LogP contribution in [0.5, 0.6) is 5.75 Å². The fraction of sp³-hybridized carbons (Fsp3) is 0.562. The van der Waals surface area contributed by atoms with Gasteiger partial charge in [0.2, 0.25) is 15.9 Å². The molecule has 2 N–H and O–H groups in total. The predicted molar refractivity (Wildman–Crippen MR) is 91.4 cm³/mol. The Labute approximate surface area is 143 Å². The molecule has 0 aliphatic heterocycles. The maximum absolute atomic E-state index is 12.5. The Morgan fingerprint density at radius 2 is 1.75 bits per heavy atom. The Kier molecular flexibility index (Phi) is 8.17. The normalized spacial score (nSPS) is 12.7. The van der Waals surface area contributed by atoms with E-state index in [1.54, 1.807) is 4.90 Å². The smallest absolute Gasteiger partial charge is 0.243 e. The van der Waals surface area contributed by atoms with Gasteiger partial charge in [-0.1, -0.05) is 13.8 Å². The van der Waals surface area contributed by atoms with Gasteiger partial charge in [-0.25, -0.2) is 8.42 Å². The monoisotopic (exact) mass is 358 g/mol. The Balaban J connectivity index is 2.93. The van der Waals surface area contributed by atoms with Crippen LogP contribution in [-0.2, 0) is 14.8 Å². The van der Waals surface area contributed by atoms with Gasteiger partial charge in [-0.05, 0) is 37.1 Å². The van der Waals surface area contributed by atoms with Crippen LogP contribution in [-0.4, -0.2) is 57.2 Å². The van der Waals surface area contributed by atoms with Gasteiger partial charge in [0.25, 0.3) is 0 Å². The summed E-state index contributed by atoms with van der Waals surface area (Å²) in [5, 5.41) is 9.48. The third kappa shape index (κ3) is 5.47. The molecule has 0 saturated heterocycles. The fourth-order valence-corrected chi connectivity index (χ4v) is 3.45. The number of methoxy groups -OCH3 is 1. The lowest BCUT2D eigenvalue weighted by Crippen LogP contribution is -2.50. The first kappa shape index (κ1) is 20.4. The first-order valence-electron chi connectivity index (χ1n) is 7.95. The number of carbonyl (C=O) groups excluding carboxylic acids is 1. The van der Waals surface area contributed by atoms with Crippen molar-refractivity contribution in [3.8, 4) is 5.75 Å². The minimum atomic E-state index is -3.92. The first-order chi connectivity index (χ1) is 11.4. The van der Waals surface area contributed by atoms with Gasteiger partial charge in [0.05, 0.1) is 18.6 Å². The van der Waals surface area contributed by atoms with Crippen LogP contribution in [0, 0.1) is 0 Å². The number of nitrogens with one attached hydrogen (secondary N) is 1. The van der Waals surface area contributed by atoms with Crippen molar-refractivity contribution in [3.63, 3.8) is 0 Å². The lowest BCUT2D eigenvalue weighted by molar-refractivity contribution is -0.134. The maximum atomic E-state index is 12.5. The number of sulfonamides is 1. The van der Waals surface area contributed by atoms with Crippen LogP contribution in [0.4, 0.5) is 0 Å². The Morgan fingerprint density at radius 3 is 2.17 bits per heavy atom. The second-order valence-electron chi connectivity index (χ2n) is 5.36. The van der Waals surface area contributed by atoms with Gasteiger partial charge in [0.1, 0.15) is 11.8 Å². The molecule has 1 rings (SSSR count). The van der Waals surface area contributed by atoms with Gasteiger partial charge >= 0.3 is 0 Å². The van der Waals surface area contributed by atoms with Gasteiger partial charge in [0, 0.05) is 13.1 Å². The average Bonchev–Trinajstić information content (AvgIpc) is 2.59. The fourth-order valence-electron chi connectivity index (χ4n) is 2.27. The summed E-state index contributed by atoms with van der Waals surface area (Å²) >= 11 is 0. The highest BCUT2D eigenvalue weighted by Crippen LogP contribution is 2.16. The molecule has 24 heavy (non-hydrogen) atoms. The van der Waals surface area contributed by atoms with Gasteiger partial charge in [-0.15, -0.1) is 0 Å². The number of hydrogen-bond acceptors (Lipinski definition) is 5. The summed E-state index contributed by atoms with van der Waals surface area (Å²) < 4.78 is 32.1. The lowest BCUT2D eigenvalue weighted by atomic mass is 10.2. The minimum Gasteiger partial charge on any atom is -0.497 e. The molecular weight excluding hydrogens is 332 g/mol. The Morgan fingerprint density at radius 1 is 1.21 bits per heavy atom. The zero-order valence-corrected chi connectivity index (χ0v) is 15.2. The maximum Gasteiger partial charge on any atom is 0.243 e. The van der Waals surface area contributed by atoms with Gasteiger partial charge in [-0.3, -0.25) is 4.79 Å². The molecule has 136 valence electrons. The van der Waals surface area contributed by atoms with Crippen molar-refractivity contribution in [3.05, 3.63) is 24.3 Å². The van der Waals surface area contributed by atoms with Crippen molar-refractivity contribution in [2.45, 2.75) is 37.6 Å². The van der Waals surface area contributed by atoms with E-state index in [9.17, 15) is 18.3 Å². The molecule has 0 bridgehead atoms. The zero-order chi connectivity index (χ0) is 18.2. The molecule has 0 heterocycles. The second-order valence-corrected chi connectivity index (χ2v) is 7.07. The molecule has 8 heteroatoms. The highest BCUT2D eigenvalue weighted by Gasteiger charge is 2.28. The molecule has 0 aliphatic carbocycles. The van der Waals surface area contributed by atoms with Crippen molar-refractivity contribution in [2.75, 3.05) is 26.8 Å². The standard InChI is InChI=1S/C16H26N2O5S/c1-4-10-18(11-5-2)16(20)15(12-19)17-24(21,22)14-8-6-13(23-3)7-9-14/h6-9,15,17,19H,4-5,10-12H2,1-3H3. The quantitative estimate of drug-likeness (QED) is 0.650. The summed E-state index contributed by atoms with van der Waals surface area (Å²) in [6.45, 7) is 4.32. The van der Waals surface area contributed by atoms with Crippen molar-refractivity contribution in [2.24, 2.45) is 0 Å². The van der Waals surface area contributed by atoms with E-state index < -0.39 is 28.6 Å². The molecule has 7 nitrogen and oxygen atoms in total. The molecular formula is C16H26N2O5S. The van der Waals surface area contributed by atoms with Crippen molar-refractivity contribution < 1.29 is 23.1 Å². The Bertz CT molecular complexity index is 610. The zero-order valence-electron chi connectivity index (χ0n) is 14.4. The summed E-state index contributed by atoms with van der Waals surface area (Å²) in [7, 11) is -2.43. The molecule has 1 unspecified atom stereocenters. The molecule has 0 aliphatic rings. The number of amides is 1. The van der Waals surface area contributed by atoms with Gasteiger partial charge < -0.3 is 14.7 Å². The first-order valence-corrected chi connectivity index (χ1v) is 9.43. The predicted octanol–water partition coefficient (Wildman–Crippen LogP) is 0.983. The van der Waals surface area contributed by atoms with E-state index in [4.69, 9.17) is 4.74 Å². The summed E-state index contributed by atoms with van der Waals surface area (Å²) in [5.74, 6) is 0.110. The van der Waals surface area contributed by atoms with E-state index in [1.165, 1.54) is 31.4 Å². The summed E-state index contributed by atoms with van der Waals surface area (Å²) in [6.07, 6.45) is 1.52. The molecule has 1 aromatic rings. The number of nitrogens with zero attached hydrogens (tertiary/aromatic N) is 1. The molecule has 0 spiro atoms. The van der Waals surface area contributed by atoms with Crippen LogP contribution < -0.4 is 9.46 Å². The minimum absolute atomic E-state index is 0.00656. The number of aliphatic hydroxyl groups is 1. The van der Waals surface area contributed by atoms with Crippen LogP contribution >= 0.6 is 0 Å². The van der Waals surface area contributed by atoms with Crippen molar-refractivity contribution in [1.29, 1.82) is 0 Å². The van der Waals surface area contributed by atoms with E-state index in [2.05, 4.69) is 4.72 Å². The van der Waals surface area contributed by atoms with E-state index in [1.807, 2.05) is 13.8 Å². The van der Waals surface area contributed by atoms with E-state index in [0.717, 1.165) is 12.8 Å². The van der Waals surface area contributed by atoms with Crippen LogP contribution in [0.3, 0.4) is 0 Å². The lowest BCUT2D eigenvalue weighted by Gasteiger charge is -2.26. The number of hydrogen-bond donors (Lipinski definition) is 2.